The highest BCUT2D eigenvalue weighted by Crippen LogP contribution is 2.26. The highest BCUT2D eigenvalue weighted by Gasteiger charge is 2.21. The second-order valence-corrected chi connectivity index (χ2v) is 6.79. The molecule has 25 heavy (non-hydrogen) atoms. The summed E-state index contributed by atoms with van der Waals surface area (Å²) in [4.78, 5) is 13.4. The molecule has 0 fully saturated rings. The van der Waals surface area contributed by atoms with Gasteiger partial charge in [-0.15, -0.1) is 0 Å². The number of quaternary nitrogens is 1. The van der Waals surface area contributed by atoms with Crippen molar-refractivity contribution >= 4 is 11.0 Å². The molecule has 0 saturated carbocycles. The Morgan fingerprint density at radius 3 is 2.72 bits per heavy atom. The smallest absolute Gasteiger partial charge is 0.336 e. The third-order valence-corrected chi connectivity index (χ3v) is 5.16. The monoisotopic (exact) mass is 336 g/mol. The van der Waals surface area contributed by atoms with E-state index in [1.807, 2.05) is 13.0 Å². The van der Waals surface area contributed by atoms with E-state index in [1.165, 1.54) is 16.0 Å². The molecule has 2 heterocycles. The van der Waals surface area contributed by atoms with Gasteiger partial charge in [0, 0.05) is 35.1 Å². The molecule has 2 N–H and O–H groups in total. The van der Waals surface area contributed by atoms with Gasteiger partial charge in [0.2, 0.25) is 0 Å². The van der Waals surface area contributed by atoms with Crippen LogP contribution in [0.1, 0.15) is 29.2 Å². The lowest BCUT2D eigenvalue weighted by Crippen LogP contribution is -3.10. The maximum Gasteiger partial charge on any atom is 0.336 e. The van der Waals surface area contributed by atoms with Gasteiger partial charge < -0.3 is 14.4 Å². The van der Waals surface area contributed by atoms with Crippen molar-refractivity contribution in [2.75, 3.05) is 6.54 Å². The van der Waals surface area contributed by atoms with Gasteiger partial charge in [0.05, 0.1) is 6.54 Å². The largest absolute Gasteiger partial charge is 0.508 e. The zero-order chi connectivity index (χ0) is 17.4. The summed E-state index contributed by atoms with van der Waals surface area (Å²) in [6, 6.07) is 13.7. The Morgan fingerprint density at radius 1 is 1.12 bits per heavy atom. The number of hydrogen-bond donors (Lipinski definition) is 2. The first-order valence-electron chi connectivity index (χ1n) is 8.83. The second kappa shape index (κ2) is 6.37. The molecular formula is C21H22NO3+. The van der Waals surface area contributed by atoms with Crippen molar-refractivity contribution in [2.45, 2.75) is 32.9 Å². The van der Waals surface area contributed by atoms with Gasteiger partial charge in [-0.2, -0.15) is 0 Å². The third-order valence-electron chi connectivity index (χ3n) is 5.16. The molecule has 0 radical (unpaired) electrons. The van der Waals surface area contributed by atoms with Gasteiger partial charge in [-0.1, -0.05) is 31.2 Å². The maximum atomic E-state index is 12.0. The number of fused-ring (bicyclic) bond motifs is 2. The summed E-state index contributed by atoms with van der Waals surface area (Å²) in [6.45, 7) is 4.81. The van der Waals surface area contributed by atoms with Crippen LogP contribution in [0, 0.1) is 0 Å². The van der Waals surface area contributed by atoms with Crippen molar-refractivity contribution in [3.05, 3.63) is 75.1 Å². The number of hydrogen-bond acceptors (Lipinski definition) is 3. The molecule has 0 spiro atoms. The van der Waals surface area contributed by atoms with E-state index in [9.17, 15) is 9.90 Å². The van der Waals surface area contributed by atoms with E-state index in [4.69, 9.17) is 4.42 Å². The predicted octanol–water partition coefficient (Wildman–Crippen LogP) is 2.20. The van der Waals surface area contributed by atoms with Gasteiger partial charge in [0.1, 0.15) is 24.4 Å². The third kappa shape index (κ3) is 3.05. The molecule has 0 amide bonds. The molecule has 1 atom stereocenters. The van der Waals surface area contributed by atoms with Crippen LogP contribution in [0.3, 0.4) is 0 Å². The fourth-order valence-electron chi connectivity index (χ4n) is 3.80. The summed E-state index contributed by atoms with van der Waals surface area (Å²) in [6.07, 6.45) is 1.80. The molecule has 3 aromatic rings. The van der Waals surface area contributed by atoms with E-state index in [1.54, 1.807) is 12.1 Å². The SMILES string of the molecule is CCc1cc2c(C[NH+]3CCc4ccccc4C3)cc(=O)oc2cc1O. The van der Waals surface area contributed by atoms with Crippen LogP contribution < -0.4 is 10.5 Å². The van der Waals surface area contributed by atoms with Crippen molar-refractivity contribution in [1.82, 2.24) is 0 Å². The Balaban J connectivity index is 1.71. The molecule has 0 aliphatic carbocycles. The molecule has 1 unspecified atom stereocenters. The Hall–Kier alpha value is -2.59. The average Bonchev–Trinajstić information content (AvgIpc) is 2.61. The van der Waals surface area contributed by atoms with Crippen LogP contribution in [0.15, 0.2) is 51.7 Å². The van der Waals surface area contributed by atoms with Crippen LogP contribution in [-0.2, 0) is 25.9 Å². The molecule has 2 aromatic carbocycles. The minimum Gasteiger partial charge on any atom is -0.508 e. The van der Waals surface area contributed by atoms with Gasteiger partial charge in [0.15, 0.2) is 0 Å². The molecule has 1 aliphatic heterocycles. The first-order valence-corrected chi connectivity index (χ1v) is 8.83. The van der Waals surface area contributed by atoms with Gasteiger partial charge >= 0.3 is 5.63 Å². The number of phenolic OH excluding ortho intramolecular Hbond substituents is 1. The van der Waals surface area contributed by atoms with E-state index < -0.39 is 0 Å². The molecule has 4 nitrogen and oxygen atoms in total. The molecular weight excluding hydrogens is 314 g/mol. The predicted molar refractivity (Wildman–Crippen MR) is 96.9 cm³/mol. The summed E-state index contributed by atoms with van der Waals surface area (Å²) in [5, 5.41) is 11.0. The highest BCUT2D eigenvalue weighted by molar-refractivity contribution is 5.82. The lowest BCUT2D eigenvalue weighted by Gasteiger charge is -2.26. The number of phenols is 1. The molecule has 128 valence electrons. The lowest BCUT2D eigenvalue weighted by atomic mass is 9.99. The van der Waals surface area contributed by atoms with Gasteiger partial charge in [0.25, 0.3) is 0 Å². The standard InChI is InChI=1S/C21H21NO3/c1-2-14-9-18-17(10-21(24)25-20(18)11-19(14)23)13-22-8-7-15-5-3-4-6-16(15)12-22/h3-6,9-11,23H,2,7-8,12-13H2,1H3/p+1. The van der Waals surface area contributed by atoms with E-state index in [2.05, 4.69) is 24.3 Å². The zero-order valence-electron chi connectivity index (χ0n) is 14.3. The topological polar surface area (TPSA) is 54.9 Å². The van der Waals surface area contributed by atoms with Crippen molar-refractivity contribution in [2.24, 2.45) is 0 Å². The van der Waals surface area contributed by atoms with E-state index >= 15 is 0 Å². The first-order chi connectivity index (χ1) is 12.1. The van der Waals surface area contributed by atoms with Crippen molar-refractivity contribution in [1.29, 1.82) is 0 Å². The first kappa shape index (κ1) is 15.9. The van der Waals surface area contributed by atoms with Crippen LogP contribution >= 0.6 is 0 Å². The van der Waals surface area contributed by atoms with Crippen LogP contribution in [-0.4, -0.2) is 11.7 Å². The van der Waals surface area contributed by atoms with Crippen LogP contribution in [0.4, 0.5) is 0 Å². The molecule has 1 aromatic heterocycles. The summed E-state index contributed by atoms with van der Waals surface area (Å²) in [5.74, 6) is 0.189. The van der Waals surface area contributed by atoms with Crippen LogP contribution in [0.5, 0.6) is 5.75 Å². The van der Waals surface area contributed by atoms with Crippen molar-refractivity contribution < 1.29 is 14.4 Å². The van der Waals surface area contributed by atoms with Crippen molar-refractivity contribution in [3.63, 3.8) is 0 Å². The van der Waals surface area contributed by atoms with Gasteiger partial charge in [-0.3, -0.25) is 0 Å². The molecule has 1 aliphatic rings. The minimum atomic E-state index is -0.358. The van der Waals surface area contributed by atoms with E-state index in [0.717, 1.165) is 49.0 Å². The molecule has 0 saturated heterocycles. The normalized spacial score (nSPS) is 16.8. The van der Waals surface area contributed by atoms with E-state index in [-0.39, 0.29) is 11.4 Å². The Kier molecular flexibility index (Phi) is 4.06. The average molecular weight is 336 g/mol. The van der Waals surface area contributed by atoms with Gasteiger partial charge in [-0.25, -0.2) is 4.79 Å². The number of rotatable bonds is 3. The summed E-state index contributed by atoms with van der Waals surface area (Å²) in [7, 11) is 0. The summed E-state index contributed by atoms with van der Waals surface area (Å²) in [5.41, 5.74) is 4.80. The Labute approximate surface area is 146 Å². The van der Waals surface area contributed by atoms with Crippen molar-refractivity contribution in [3.8, 4) is 5.75 Å². The Bertz CT molecular complexity index is 990. The fourth-order valence-corrected chi connectivity index (χ4v) is 3.80. The molecule has 4 heteroatoms. The summed E-state index contributed by atoms with van der Waals surface area (Å²) < 4.78 is 5.30. The minimum absolute atomic E-state index is 0.189. The number of benzene rings is 2. The van der Waals surface area contributed by atoms with Crippen LogP contribution in [0.2, 0.25) is 0 Å². The molecule has 4 rings (SSSR count). The Morgan fingerprint density at radius 2 is 1.92 bits per heavy atom. The second-order valence-electron chi connectivity index (χ2n) is 6.79. The zero-order valence-corrected chi connectivity index (χ0v) is 14.3. The van der Waals surface area contributed by atoms with Crippen LogP contribution in [0.25, 0.3) is 11.0 Å². The maximum absolute atomic E-state index is 12.0. The van der Waals surface area contributed by atoms with Gasteiger partial charge in [-0.05, 0) is 23.6 Å². The number of nitrogens with one attached hydrogen (secondary N) is 1. The molecule has 0 bridgehead atoms. The quantitative estimate of drug-likeness (QED) is 0.721. The highest BCUT2D eigenvalue weighted by atomic mass is 16.4. The van der Waals surface area contributed by atoms with E-state index in [0.29, 0.717) is 5.58 Å². The fraction of sp³-hybridized carbons (Fsp3) is 0.286. The number of aromatic hydroxyl groups is 1. The number of aryl methyl sites for hydroxylation is 1. The summed E-state index contributed by atoms with van der Waals surface area (Å²) >= 11 is 0. The lowest BCUT2D eigenvalue weighted by molar-refractivity contribution is -0.929.